The zero-order chi connectivity index (χ0) is 24.9. The van der Waals surface area contributed by atoms with E-state index < -0.39 is 11.7 Å². The summed E-state index contributed by atoms with van der Waals surface area (Å²) in [5.41, 5.74) is 2.25. The smallest absolute Gasteiger partial charge is 0.258 e. The zero-order valence-corrected chi connectivity index (χ0v) is 20.9. The van der Waals surface area contributed by atoms with Gasteiger partial charge in [-0.05, 0) is 54.2 Å². The molecule has 0 bridgehead atoms. The van der Waals surface area contributed by atoms with Gasteiger partial charge >= 0.3 is 0 Å². The third-order valence-corrected chi connectivity index (χ3v) is 5.78. The van der Waals surface area contributed by atoms with Crippen molar-refractivity contribution in [2.24, 2.45) is 5.41 Å². The third-order valence-electron chi connectivity index (χ3n) is 5.78. The largest absolute Gasteiger partial charge is 0.377 e. The van der Waals surface area contributed by atoms with Gasteiger partial charge in [0.05, 0.1) is 11.7 Å². The van der Waals surface area contributed by atoms with Gasteiger partial charge in [-0.1, -0.05) is 32.9 Å². The van der Waals surface area contributed by atoms with Gasteiger partial charge in [0, 0.05) is 51.6 Å². The van der Waals surface area contributed by atoms with Crippen molar-refractivity contribution >= 4 is 23.2 Å². The number of hydrogen-bond acceptors (Lipinski definition) is 4. The topological polar surface area (TPSA) is 61.9 Å². The van der Waals surface area contributed by atoms with Crippen molar-refractivity contribution in [2.45, 2.75) is 52.7 Å². The molecule has 1 aliphatic heterocycles. The Bertz CT molecular complexity index is 1010. The molecule has 1 fully saturated rings. The maximum absolute atomic E-state index is 14.1. The van der Waals surface area contributed by atoms with Crippen molar-refractivity contribution in [3.63, 3.8) is 0 Å². The fourth-order valence-electron chi connectivity index (χ4n) is 4.13. The van der Waals surface area contributed by atoms with E-state index in [1.807, 2.05) is 36.0 Å². The van der Waals surface area contributed by atoms with E-state index in [0.29, 0.717) is 25.2 Å². The second kappa shape index (κ2) is 11.0. The van der Waals surface area contributed by atoms with Crippen LogP contribution in [-0.2, 0) is 16.1 Å². The Kier molecular flexibility index (Phi) is 8.31. The molecule has 0 spiro atoms. The molecular formula is C27H36FN3O3. The molecule has 1 atom stereocenters. The monoisotopic (exact) mass is 469 g/mol. The highest BCUT2D eigenvalue weighted by atomic mass is 19.1. The van der Waals surface area contributed by atoms with E-state index in [4.69, 9.17) is 4.74 Å². The zero-order valence-electron chi connectivity index (χ0n) is 20.9. The number of halogens is 1. The van der Waals surface area contributed by atoms with Gasteiger partial charge in [-0.2, -0.15) is 0 Å². The molecule has 1 unspecified atom stereocenters. The van der Waals surface area contributed by atoms with Crippen LogP contribution in [-0.4, -0.2) is 50.1 Å². The number of rotatable bonds is 8. The van der Waals surface area contributed by atoms with Crippen LogP contribution in [0.2, 0.25) is 0 Å². The Morgan fingerprint density at radius 3 is 2.50 bits per heavy atom. The highest BCUT2D eigenvalue weighted by Gasteiger charge is 2.27. The summed E-state index contributed by atoms with van der Waals surface area (Å²) in [6.45, 7) is 7.82. The first kappa shape index (κ1) is 25.7. The molecule has 34 heavy (non-hydrogen) atoms. The average molecular weight is 470 g/mol. The van der Waals surface area contributed by atoms with Crippen LogP contribution in [0.25, 0.3) is 0 Å². The quantitative estimate of drug-likeness (QED) is 0.585. The molecule has 1 saturated heterocycles. The maximum atomic E-state index is 14.1. The van der Waals surface area contributed by atoms with Crippen molar-refractivity contribution in [2.75, 3.05) is 37.5 Å². The first-order valence-corrected chi connectivity index (χ1v) is 11.8. The number of hydrogen-bond donors (Lipinski definition) is 1. The fourth-order valence-corrected chi connectivity index (χ4v) is 4.13. The molecule has 1 heterocycles. The summed E-state index contributed by atoms with van der Waals surface area (Å²) in [5.74, 6) is -1.00. The summed E-state index contributed by atoms with van der Waals surface area (Å²) in [7, 11) is 3.88. The predicted molar refractivity (Wildman–Crippen MR) is 134 cm³/mol. The molecule has 7 heteroatoms. The van der Waals surface area contributed by atoms with E-state index in [2.05, 4.69) is 26.1 Å². The van der Waals surface area contributed by atoms with Crippen LogP contribution >= 0.6 is 0 Å². The van der Waals surface area contributed by atoms with Crippen LogP contribution in [0.1, 0.15) is 56.0 Å². The molecule has 0 saturated carbocycles. The second-order valence-electron chi connectivity index (χ2n) is 10.3. The Morgan fingerprint density at radius 2 is 1.88 bits per heavy atom. The fraction of sp³-hybridized carbons (Fsp3) is 0.481. The number of amides is 2. The molecule has 184 valence electrons. The van der Waals surface area contributed by atoms with Crippen LogP contribution in [0.15, 0.2) is 42.5 Å². The molecule has 0 aromatic heterocycles. The lowest BCUT2D eigenvalue weighted by molar-refractivity contribution is -0.135. The van der Waals surface area contributed by atoms with Crippen molar-refractivity contribution < 1.29 is 18.7 Å². The van der Waals surface area contributed by atoms with Crippen molar-refractivity contribution in [3.8, 4) is 0 Å². The number of carbonyl (C=O) groups is 2. The number of anilines is 2. The molecule has 3 rings (SSSR count). The Labute approximate surface area is 202 Å². The third kappa shape index (κ3) is 7.03. The van der Waals surface area contributed by atoms with E-state index in [1.165, 1.54) is 12.1 Å². The summed E-state index contributed by atoms with van der Waals surface area (Å²) < 4.78 is 19.9. The maximum Gasteiger partial charge on any atom is 0.258 e. The normalized spacial score (nSPS) is 15.8. The average Bonchev–Trinajstić information content (AvgIpc) is 3.25. The van der Waals surface area contributed by atoms with Crippen molar-refractivity contribution in [1.29, 1.82) is 0 Å². The van der Waals surface area contributed by atoms with Gasteiger partial charge in [0.2, 0.25) is 5.91 Å². The molecule has 0 aliphatic carbocycles. The molecule has 2 aromatic carbocycles. The summed E-state index contributed by atoms with van der Waals surface area (Å²) >= 11 is 0. The first-order chi connectivity index (χ1) is 16.0. The molecule has 1 N–H and O–H groups in total. The lowest BCUT2D eigenvalue weighted by Gasteiger charge is -2.30. The number of ether oxygens (including phenoxy) is 1. The minimum Gasteiger partial charge on any atom is -0.377 e. The molecule has 2 aromatic rings. The standard InChI is InChI=1S/C27H36FN3O3/c1-27(2,3)16-25(32)31(18-21-9-8-14-34-21)17-19-15-20(12-13-24(19)30(4)5)29-26(33)22-10-6-7-11-23(22)28/h6-7,10-13,15,21H,8-9,14,16-18H2,1-5H3,(H,29,33). The van der Waals surface area contributed by atoms with E-state index in [0.717, 1.165) is 30.7 Å². The summed E-state index contributed by atoms with van der Waals surface area (Å²) in [6, 6.07) is 11.5. The summed E-state index contributed by atoms with van der Waals surface area (Å²) in [5, 5.41) is 2.79. The highest BCUT2D eigenvalue weighted by Crippen LogP contribution is 2.28. The first-order valence-electron chi connectivity index (χ1n) is 11.8. The molecule has 6 nitrogen and oxygen atoms in total. The van der Waals surface area contributed by atoms with Gasteiger partial charge in [-0.15, -0.1) is 0 Å². The van der Waals surface area contributed by atoms with Crippen LogP contribution in [0.5, 0.6) is 0 Å². The molecule has 2 amide bonds. The van der Waals surface area contributed by atoms with E-state index in [9.17, 15) is 14.0 Å². The lowest BCUT2D eigenvalue weighted by Crippen LogP contribution is -2.38. The van der Waals surface area contributed by atoms with Gasteiger partial charge in [-0.3, -0.25) is 9.59 Å². The minimum atomic E-state index is -0.569. The number of nitrogens with zero attached hydrogens (tertiary/aromatic N) is 2. The second-order valence-corrected chi connectivity index (χ2v) is 10.3. The Morgan fingerprint density at radius 1 is 1.15 bits per heavy atom. The van der Waals surface area contributed by atoms with E-state index in [1.54, 1.807) is 18.2 Å². The van der Waals surface area contributed by atoms with Gasteiger partial charge in [0.25, 0.3) is 5.91 Å². The SMILES string of the molecule is CN(C)c1ccc(NC(=O)c2ccccc2F)cc1CN(CC1CCCO1)C(=O)CC(C)(C)C. The predicted octanol–water partition coefficient (Wildman–Crippen LogP) is 5.09. The van der Waals surface area contributed by atoms with Gasteiger partial charge in [-0.25, -0.2) is 4.39 Å². The minimum absolute atomic E-state index is 0.0129. The Hall–Kier alpha value is -2.93. The van der Waals surface area contributed by atoms with Crippen molar-refractivity contribution in [1.82, 2.24) is 4.90 Å². The Balaban J connectivity index is 1.86. The number of nitrogens with one attached hydrogen (secondary N) is 1. The van der Waals surface area contributed by atoms with Crippen LogP contribution in [0.4, 0.5) is 15.8 Å². The molecule has 0 radical (unpaired) electrons. The van der Waals surface area contributed by atoms with Crippen molar-refractivity contribution in [3.05, 3.63) is 59.4 Å². The van der Waals surface area contributed by atoms with Crippen LogP contribution in [0, 0.1) is 11.2 Å². The van der Waals surface area contributed by atoms with Gasteiger partial charge in [0.15, 0.2) is 0 Å². The van der Waals surface area contributed by atoms with E-state index in [-0.39, 0.29) is 23.0 Å². The summed E-state index contributed by atoms with van der Waals surface area (Å²) in [4.78, 5) is 29.8. The van der Waals surface area contributed by atoms with Gasteiger partial charge in [0.1, 0.15) is 5.82 Å². The molecular weight excluding hydrogens is 433 g/mol. The number of benzene rings is 2. The highest BCUT2D eigenvalue weighted by molar-refractivity contribution is 6.04. The summed E-state index contributed by atoms with van der Waals surface area (Å²) in [6.07, 6.45) is 2.42. The lowest BCUT2D eigenvalue weighted by atomic mass is 9.91. The van der Waals surface area contributed by atoms with E-state index >= 15 is 0 Å². The molecule has 1 aliphatic rings. The van der Waals surface area contributed by atoms with Gasteiger partial charge < -0.3 is 19.9 Å². The van der Waals surface area contributed by atoms with Crippen LogP contribution < -0.4 is 10.2 Å². The number of carbonyl (C=O) groups excluding carboxylic acids is 2. The van der Waals surface area contributed by atoms with Crippen LogP contribution in [0.3, 0.4) is 0 Å².